The van der Waals surface area contributed by atoms with Gasteiger partial charge in [0.2, 0.25) is 0 Å². The second-order valence-electron chi connectivity index (χ2n) is 5.37. The summed E-state index contributed by atoms with van der Waals surface area (Å²) in [6.07, 6.45) is 9.73. The van der Waals surface area contributed by atoms with Gasteiger partial charge in [-0.3, -0.25) is 10.4 Å². The monoisotopic (exact) mass is 350 g/mol. The molecule has 2 aliphatic rings. The number of hydrogen-bond acceptors (Lipinski definition) is 2. The Morgan fingerprint density at radius 2 is 1.95 bits per heavy atom. The summed E-state index contributed by atoms with van der Waals surface area (Å²) in [5.74, 6) is 0. The fraction of sp³-hybridized carbons (Fsp3) is 0.0526. The molecule has 0 saturated heterocycles. The number of nitrogens with zero attached hydrogens (tertiary/aromatic N) is 1. The van der Waals surface area contributed by atoms with E-state index in [1.54, 1.807) is 0 Å². The van der Waals surface area contributed by atoms with Crippen molar-refractivity contribution in [1.29, 1.82) is 0 Å². The highest BCUT2D eigenvalue weighted by atomic mass is 79.9. The molecule has 0 unspecified atom stereocenters. The molecule has 0 saturated carbocycles. The number of hydrogen-bond donors (Lipinski definition) is 1. The summed E-state index contributed by atoms with van der Waals surface area (Å²) in [6.45, 7) is 0. The lowest BCUT2D eigenvalue weighted by Crippen LogP contribution is -2.32. The van der Waals surface area contributed by atoms with Crippen molar-refractivity contribution < 1.29 is 0 Å². The molecule has 0 bridgehead atoms. The van der Waals surface area contributed by atoms with E-state index in [0.717, 1.165) is 16.6 Å². The van der Waals surface area contributed by atoms with E-state index in [2.05, 4.69) is 87.1 Å². The number of fused-ring (bicyclic) bond motifs is 2. The number of allylic oxidation sites excluding steroid dienone is 4. The maximum Gasteiger partial charge on any atom is 0.0703 e. The summed E-state index contributed by atoms with van der Waals surface area (Å²) in [6, 6.07) is 16.7. The average Bonchev–Trinajstić information content (AvgIpc) is 2.55. The van der Waals surface area contributed by atoms with Crippen molar-refractivity contribution in [2.24, 2.45) is 0 Å². The van der Waals surface area contributed by atoms with Gasteiger partial charge in [-0.15, -0.1) is 0 Å². The number of benzene rings is 2. The fourth-order valence-electron chi connectivity index (χ4n) is 2.86. The zero-order valence-electron chi connectivity index (χ0n) is 12.0. The van der Waals surface area contributed by atoms with Crippen LogP contribution in [0.1, 0.15) is 12.0 Å². The van der Waals surface area contributed by atoms with Gasteiger partial charge in [-0.2, -0.15) is 0 Å². The molecule has 2 aromatic carbocycles. The molecular weight excluding hydrogens is 336 g/mol. The van der Waals surface area contributed by atoms with E-state index in [-0.39, 0.29) is 0 Å². The van der Waals surface area contributed by atoms with Crippen LogP contribution >= 0.6 is 15.9 Å². The molecule has 4 rings (SSSR count). The summed E-state index contributed by atoms with van der Waals surface area (Å²) >= 11 is 3.53. The second-order valence-corrected chi connectivity index (χ2v) is 6.29. The average molecular weight is 351 g/mol. The largest absolute Gasteiger partial charge is 0.294 e. The van der Waals surface area contributed by atoms with Gasteiger partial charge in [-0.25, -0.2) is 0 Å². The SMILES string of the molecule is Brc1cccc(NN2C3=CC=CCC3=Cc3ccccc32)c1. The van der Waals surface area contributed by atoms with Crippen LogP contribution in [0.25, 0.3) is 6.08 Å². The number of hydrazine groups is 1. The van der Waals surface area contributed by atoms with Crippen molar-refractivity contribution in [1.82, 2.24) is 0 Å². The Bertz CT molecular complexity index is 818. The van der Waals surface area contributed by atoms with Crippen LogP contribution in [0.5, 0.6) is 0 Å². The molecule has 0 aromatic heterocycles. The highest BCUT2D eigenvalue weighted by Gasteiger charge is 2.23. The van der Waals surface area contributed by atoms with Gasteiger partial charge in [0.1, 0.15) is 0 Å². The molecule has 2 nitrogen and oxygen atoms in total. The van der Waals surface area contributed by atoms with Crippen LogP contribution in [0.2, 0.25) is 0 Å². The number of halogens is 1. The summed E-state index contributed by atoms with van der Waals surface area (Å²) < 4.78 is 1.07. The van der Waals surface area contributed by atoms with E-state index in [9.17, 15) is 0 Å². The molecule has 22 heavy (non-hydrogen) atoms. The molecule has 0 atom stereocenters. The van der Waals surface area contributed by atoms with E-state index >= 15 is 0 Å². The number of nitrogens with one attached hydrogen (secondary N) is 1. The Hall–Kier alpha value is -2.26. The normalized spacial score (nSPS) is 15.6. The quantitative estimate of drug-likeness (QED) is 0.766. The maximum atomic E-state index is 3.54. The van der Waals surface area contributed by atoms with Crippen LogP contribution in [-0.4, -0.2) is 0 Å². The molecule has 108 valence electrons. The Labute approximate surface area is 138 Å². The van der Waals surface area contributed by atoms with Crippen molar-refractivity contribution in [3.8, 4) is 0 Å². The molecule has 1 aliphatic carbocycles. The van der Waals surface area contributed by atoms with Crippen LogP contribution in [0.4, 0.5) is 11.4 Å². The minimum absolute atomic E-state index is 0.969. The molecule has 0 fully saturated rings. The molecule has 1 heterocycles. The third kappa shape index (κ3) is 2.38. The third-order valence-corrected chi connectivity index (χ3v) is 4.36. The van der Waals surface area contributed by atoms with Crippen molar-refractivity contribution in [2.75, 3.05) is 10.4 Å². The predicted molar refractivity (Wildman–Crippen MR) is 96.5 cm³/mol. The minimum Gasteiger partial charge on any atom is -0.294 e. The number of anilines is 2. The molecule has 1 aliphatic heterocycles. The maximum absolute atomic E-state index is 3.54. The number of para-hydroxylation sites is 1. The van der Waals surface area contributed by atoms with Gasteiger partial charge >= 0.3 is 0 Å². The first-order valence-electron chi connectivity index (χ1n) is 7.30. The first-order chi connectivity index (χ1) is 10.8. The molecule has 1 N–H and O–H groups in total. The Morgan fingerprint density at radius 1 is 1.05 bits per heavy atom. The molecular formula is C19H15BrN2. The van der Waals surface area contributed by atoms with Crippen LogP contribution < -0.4 is 10.4 Å². The van der Waals surface area contributed by atoms with E-state index in [1.165, 1.54) is 22.5 Å². The predicted octanol–water partition coefficient (Wildman–Crippen LogP) is 5.52. The van der Waals surface area contributed by atoms with E-state index < -0.39 is 0 Å². The summed E-state index contributed by atoms with van der Waals surface area (Å²) in [5, 5.41) is 2.18. The Kier molecular flexibility index (Phi) is 3.35. The van der Waals surface area contributed by atoms with Crippen molar-refractivity contribution >= 4 is 33.4 Å². The van der Waals surface area contributed by atoms with E-state index in [4.69, 9.17) is 0 Å². The Morgan fingerprint density at radius 3 is 2.86 bits per heavy atom. The molecule has 0 radical (unpaired) electrons. The molecule has 0 spiro atoms. The highest BCUT2D eigenvalue weighted by Crippen LogP contribution is 2.37. The Balaban J connectivity index is 1.80. The first-order valence-corrected chi connectivity index (χ1v) is 8.10. The van der Waals surface area contributed by atoms with Gasteiger partial charge in [0.05, 0.1) is 17.1 Å². The minimum atomic E-state index is 0.969. The van der Waals surface area contributed by atoms with E-state index in [1.807, 2.05) is 12.1 Å². The van der Waals surface area contributed by atoms with Crippen LogP contribution in [-0.2, 0) is 0 Å². The summed E-state index contributed by atoms with van der Waals surface area (Å²) in [4.78, 5) is 0. The third-order valence-electron chi connectivity index (χ3n) is 3.87. The summed E-state index contributed by atoms with van der Waals surface area (Å²) in [5.41, 5.74) is 9.56. The van der Waals surface area contributed by atoms with Gasteiger partial charge in [0, 0.05) is 10.0 Å². The lowest BCUT2D eigenvalue weighted by atomic mass is 9.95. The van der Waals surface area contributed by atoms with Gasteiger partial charge in [-0.1, -0.05) is 52.3 Å². The van der Waals surface area contributed by atoms with Gasteiger partial charge in [0.25, 0.3) is 0 Å². The number of rotatable bonds is 2. The van der Waals surface area contributed by atoms with Gasteiger partial charge in [0.15, 0.2) is 0 Å². The topological polar surface area (TPSA) is 15.3 Å². The zero-order valence-corrected chi connectivity index (χ0v) is 13.5. The standard InChI is InChI=1S/C19H15BrN2/c20-16-8-5-9-17(13-16)21-22-18-10-3-1-6-14(18)12-15-7-2-4-11-19(15)22/h1-6,8-13,21H,7H2. The second kappa shape index (κ2) is 5.50. The van der Waals surface area contributed by atoms with Crippen molar-refractivity contribution in [3.63, 3.8) is 0 Å². The highest BCUT2D eigenvalue weighted by molar-refractivity contribution is 9.10. The molecule has 3 heteroatoms. The van der Waals surface area contributed by atoms with E-state index in [0.29, 0.717) is 0 Å². The molecule has 0 amide bonds. The lowest BCUT2D eigenvalue weighted by Gasteiger charge is -2.35. The van der Waals surface area contributed by atoms with Crippen LogP contribution in [0.15, 0.2) is 82.5 Å². The summed E-state index contributed by atoms with van der Waals surface area (Å²) in [7, 11) is 0. The molecule has 2 aromatic rings. The zero-order chi connectivity index (χ0) is 14.9. The fourth-order valence-corrected chi connectivity index (χ4v) is 3.25. The van der Waals surface area contributed by atoms with Gasteiger partial charge < -0.3 is 0 Å². The lowest BCUT2D eigenvalue weighted by molar-refractivity contribution is 1.02. The van der Waals surface area contributed by atoms with Crippen molar-refractivity contribution in [3.05, 3.63) is 88.1 Å². The van der Waals surface area contributed by atoms with Crippen molar-refractivity contribution in [2.45, 2.75) is 6.42 Å². The first kappa shape index (κ1) is 13.4. The van der Waals surface area contributed by atoms with Crippen LogP contribution in [0.3, 0.4) is 0 Å². The van der Waals surface area contributed by atoms with Gasteiger partial charge in [-0.05, 0) is 48.4 Å². The smallest absolute Gasteiger partial charge is 0.0703 e. The van der Waals surface area contributed by atoms with Crippen LogP contribution in [0, 0.1) is 0 Å².